The Balaban J connectivity index is 1.43. The molecule has 1 amide bonds. The maximum absolute atomic E-state index is 12.6. The number of nitrogens with zero attached hydrogens (tertiary/aromatic N) is 2. The highest BCUT2D eigenvalue weighted by Crippen LogP contribution is 2.33. The average Bonchev–Trinajstić information content (AvgIpc) is 3.15. The zero-order valence-corrected chi connectivity index (χ0v) is 14.6. The highest BCUT2D eigenvalue weighted by molar-refractivity contribution is 6.30. The number of fused-ring (bicyclic) bond motifs is 1. The maximum Gasteiger partial charge on any atom is 0.246 e. The van der Waals surface area contributed by atoms with E-state index in [0.717, 1.165) is 16.9 Å². The molecule has 0 radical (unpaired) electrons. The predicted molar refractivity (Wildman–Crippen MR) is 95.9 cm³/mol. The SMILES string of the molecule is O=C(NCc1nc(-c2cccc(Cl)c2)no1)C1CCOc2ccccc21. The van der Waals surface area contributed by atoms with Crippen LogP contribution in [0.5, 0.6) is 5.75 Å². The molecular weight excluding hydrogens is 354 g/mol. The lowest BCUT2D eigenvalue weighted by atomic mass is 9.92. The van der Waals surface area contributed by atoms with E-state index >= 15 is 0 Å². The average molecular weight is 370 g/mol. The fourth-order valence-electron chi connectivity index (χ4n) is 2.97. The van der Waals surface area contributed by atoms with Gasteiger partial charge in [-0.05, 0) is 24.6 Å². The predicted octanol–water partition coefficient (Wildman–Crippen LogP) is 3.57. The van der Waals surface area contributed by atoms with Crippen molar-refractivity contribution in [2.75, 3.05) is 6.61 Å². The van der Waals surface area contributed by atoms with Gasteiger partial charge in [-0.3, -0.25) is 4.79 Å². The number of nitrogens with one attached hydrogen (secondary N) is 1. The molecule has 1 atom stereocenters. The van der Waals surface area contributed by atoms with Crippen LogP contribution in [0.2, 0.25) is 5.02 Å². The molecule has 0 spiro atoms. The summed E-state index contributed by atoms with van der Waals surface area (Å²) in [4.78, 5) is 16.9. The Morgan fingerprint density at radius 2 is 2.12 bits per heavy atom. The molecule has 132 valence electrons. The number of rotatable bonds is 4. The number of carbonyl (C=O) groups is 1. The number of carbonyl (C=O) groups excluding carboxylic acids is 1. The number of aromatic nitrogens is 2. The van der Waals surface area contributed by atoms with Crippen molar-refractivity contribution in [3.05, 3.63) is 65.0 Å². The van der Waals surface area contributed by atoms with Crippen LogP contribution < -0.4 is 10.1 Å². The van der Waals surface area contributed by atoms with Gasteiger partial charge in [0.1, 0.15) is 5.75 Å². The second-order valence-corrected chi connectivity index (χ2v) is 6.40. The van der Waals surface area contributed by atoms with Crippen LogP contribution in [-0.2, 0) is 11.3 Å². The van der Waals surface area contributed by atoms with E-state index in [2.05, 4.69) is 15.5 Å². The lowest BCUT2D eigenvalue weighted by Gasteiger charge is -2.24. The molecule has 26 heavy (non-hydrogen) atoms. The van der Waals surface area contributed by atoms with E-state index in [1.165, 1.54) is 0 Å². The van der Waals surface area contributed by atoms with E-state index < -0.39 is 0 Å². The molecule has 1 aliphatic heterocycles. The standard InChI is InChI=1S/C19H16ClN3O3/c20-13-5-3-4-12(10-13)18-22-17(26-23-18)11-21-19(24)15-8-9-25-16-7-2-1-6-14(15)16/h1-7,10,15H,8-9,11H2,(H,21,24). The van der Waals surface area contributed by atoms with Gasteiger partial charge in [-0.25, -0.2) is 0 Å². The molecule has 3 aromatic rings. The van der Waals surface area contributed by atoms with Crippen LogP contribution >= 0.6 is 11.6 Å². The molecule has 7 heteroatoms. The highest BCUT2D eigenvalue weighted by Gasteiger charge is 2.27. The van der Waals surface area contributed by atoms with Crippen molar-refractivity contribution in [2.45, 2.75) is 18.9 Å². The summed E-state index contributed by atoms with van der Waals surface area (Å²) in [7, 11) is 0. The Labute approximate surface area is 155 Å². The molecule has 2 heterocycles. The summed E-state index contributed by atoms with van der Waals surface area (Å²) in [6, 6.07) is 14.8. The topological polar surface area (TPSA) is 77.3 Å². The van der Waals surface area contributed by atoms with E-state index in [-0.39, 0.29) is 18.4 Å². The second kappa shape index (κ2) is 7.17. The first-order chi connectivity index (χ1) is 12.7. The zero-order valence-electron chi connectivity index (χ0n) is 13.8. The first kappa shape index (κ1) is 16.6. The van der Waals surface area contributed by atoms with Crippen LogP contribution in [0.25, 0.3) is 11.4 Å². The van der Waals surface area contributed by atoms with Crippen molar-refractivity contribution in [3.63, 3.8) is 0 Å². The minimum absolute atomic E-state index is 0.0803. The molecule has 2 aromatic carbocycles. The molecule has 0 saturated carbocycles. The summed E-state index contributed by atoms with van der Waals surface area (Å²) in [5.74, 6) is 1.22. The third-order valence-corrected chi connectivity index (χ3v) is 4.47. The lowest BCUT2D eigenvalue weighted by molar-refractivity contribution is -0.123. The Morgan fingerprint density at radius 3 is 3.00 bits per heavy atom. The highest BCUT2D eigenvalue weighted by atomic mass is 35.5. The lowest BCUT2D eigenvalue weighted by Crippen LogP contribution is -2.32. The second-order valence-electron chi connectivity index (χ2n) is 5.97. The van der Waals surface area contributed by atoms with E-state index in [1.807, 2.05) is 36.4 Å². The fraction of sp³-hybridized carbons (Fsp3) is 0.211. The van der Waals surface area contributed by atoms with Crippen LogP contribution in [0.3, 0.4) is 0 Å². The summed E-state index contributed by atoms with van der Waals surface area (Å²) in [5.41, 5.74) is 1.67. The van der Waals surface area contributed by atoms with Crippen LogP contribution in [0, 0.1) is 0 Å². The minimum atomic E-state index is -0.240. The quantitative estimate of drug-likeness (QED) is 0.760. The summed E-state index contributed by atoms with van der Waals surface area (Å²) in [5, 5.41) is 7.40. The first-order valence-electron chi connectivity index (χ1n) is 8.28. The fourth-order valence-corrected chi connectivity index (χ4v) is 3.16. The molecular formula is C19H16ClN3O3. The van der Waals surface area contributed by atoms with Gasteiger partial charge in [0.15, 0.2) is 0 Å². The van der Waals surface area contributed by atoms with Crippen molar-refractivity contribution in [1.82, 2.24) is 15.5 Å². The van der Waals surface area contributed by atoms with Crippen molar-refractivity contribution < 1.29 is 14.1 Å². The number of amides is 1. The van der Waals surface area contributed by atoms with Gasteiger partial charge in [-0.2, -0.15) is 4.98 Å². The normalized spacial score (nSPS) is 15.8. The molecule has 1 unspecified atom stereocenters. The van der Waals surface area contributed by atoms with Crippen molar-refractivity contribution in [3.8, 4) is 17.1 Å². The van der Waals surface area contributed by atoms with E-state index in [9.17, 15) is 4.79 Å². The Bertz CT molecular complexity index is 941. The molecule has 0 bridgehead atoms. The van der Waals surface area contributed by atoms with Gasteiger partial charge in [0, 0.05) is 16.1 Å². The van der Waals surface area contributed by atoms with Crippen molar-refractivity contribution in [1.29, 1.82) is 0 Å². The van der Waals surface area contributed by atoms with Crippen molar-refractivity contribution in [2.24, 2.45) is 0 Å². The van der Waals surface area contributed by atoms with Crippen molar-refractivity contribution >= 4 is 17.5 Å². The molecule has 0 fully saturated rings. The van der Waals surface area contributed by atoms with Gasteiger partial charge in [-0.15, -0.1) is 0 Å². The van der Waals surface area contributed by atoms with E-state index in [4.69, 9.17) is 20.9 Å². The molecule has 6 nitrogen and oxygen atoms in total. The van der Waals surface area contributed by atoms with Gasteiger partial charge >= 0.3 is 0 Å². The number of hydrogen-bond acceptors (Lipinski definition) is 5. The van der Waals surface area contributed by atoms with Gasteiger partial charge < -0.3 is 14.6 Å². The van der Waals surface area contributed by atoms with Gasteiger partial charge in [-0.1, -0.05) is 47.1 Å². The molecule has 1 aromatic heterocycles. The summed E-state index contributed by atoms with van der Waals surface area (Å²) < 4.78 is 10.8. The molecule has 0 saturated heterocycles. The number of halogens is 1. The Kier molecular flexibility index (Phi) is 4.58. The van der Waals surface area contributed by atoms with Gasteiger partial charge in [0.25, 0.3) is 0 Å². The van der Waals surface area contributed by atoms with Gasteiger partial charge in [0.05, 0.1) is 19.1 Å². The largest absolute Gasteiger partial charge is 0.493 e. The van der Waals surface area contributed by atoms with E-state index in [0.29, 0.717) is 29.8 Å². The maximum atomic E-state index is 12.6. The molecule has 0 aliphatic carbocycles. The minimum Gasteiger partial charge on any atom is -0.493 e. The third kappa shape index (κ3) is 3.41. The number of benzene rings is 2. The van der Waals surface area contributed by atoms with Gasteiger partial charge in [0.2, 0.25) is 17.6 Å². The summed E-state index contributed by atoms with van der Waals surface area (Å²) >= 11 is 5.98. The van der Waals surface area contributed by atoms with Crippen LogP contribution in [0.4, 0.5) is 0 Å². The summed E-state index contributed by atoms with van der Waals surface area (Å²) in [6.07, 6.45) is 0.639. The Morgan fingerprint density at radius 1 is 1.23 bits per heavy atom. The molecule has 4 rings (SSSR count). The monoisotopic (exact) mass is 369 g/mol. The zero-order chi connectivity index (χ0) is 17.9. The van der Waals surface area contributed by atoms with E-state index in [1.54, 1.807) is 12.1 Å². The summed E-state index contributed by atoms with van der Waals surface area (Å²) in [6.45, 7) is 0.695. The first-order valence-corrected chi connectivity index (χ1v) is 8.66. The number of hydrogen-bond donors (Lipinski definition) is 1. The Hall–Kier alpha value is -2.86. The smallest absolute Gasteiger partial charge is 0.246 e. The number of para-hydroxylation sites is 1. The van der Waals surface area contributed by atoms with Crippen LogP contribution in [-0.4, -0.2) is 22.7 Å². The number of ether oxygens (including phenoxy) is 1. The third-order valence-electron chi connectivity index (χ3n) is 4.24. The van der Waals surface area contributed by atoms with Crippen LogP contribution in [0.1, 0.15) is 23.8 Å². The molecule has 1 N–H and O–H groups in total. The molecule has 1 aliphatic rings. The van der Waals surface area contributed by atoms with Crippen LogP contribution in [0.15, 0.2) is 53.1 Å².